The molecule has 4 rings (SSSR count). The summed E-state index contributed by atoms with van der Waals surface area (Å²) in [6.07, 6.45) is 5.37. The van der Waals surface area contributed by atoms with Crippen molar-refractivity contribution in [1.29, 1.82) is 0 Å². The largest absolute Gasteiger partial charge is 0.508 e. The Hall–Kier alpha value is -3.41. The highest BCUT2D eigenvalue weighted by molar-refractivity contribution is 6.42. The van der Waals surface area contributed by atoms with Crippen LogP contribution in [0.15, 0.2) is 49.6 Å². The Morgan fingerprint density at radius 3 is 2.48 bits per heavy atom. The molecular weight excluding hydrogens is 405 g/mol. The lowest BCUT2D eigenvalue weighted by Crippen LogP contribution is -2.34. The van der Waals surface area contributed by atoms with Gasteiger partial charge in [-0.2, -0.15) is 0 Å². The minimum absolute atomic E-state index is 0.150. The highest BCUT2D eigenvalue weighted by Crippen LogP contribution is 2.30. The Bertz CT molecular complexity index is 1370. The van der Waals surface area contributed by atoms with Crippen molar-refractivity contribution < 1.29 is 5.11 Å². The standard InChI is InChI=1S/C25H23B3N4O/c1-13-21(25(3,4)28)23(27)24(33)20(22(13)26)14(2)31-19-9-17-8-15(6-7-16(17)10-30-19)18-11-29-12-32(18)5/h6-12,33H,2H2,1,3-5H3,(H,30,31). The number of pyridine rings is 1. The summed E-state index contributed by atoms with van der Waals surface area (Å²) in [5, 5.41) is 15.2. The normalized spacial score (nSPS) is 11.6. The van der Waals surface area contributed by atoms with Gasteiger partial charge in [0.1, 0.15) is 27.3 Å². The van der Waals surface area contributed by atoms with Crippen molar-refractivity contribution in [3.63, 3.8) is 0 Å². The van der Waals surface area contributed by atoms with Gasteiger partial charge in [-0.05, 0) is 29.8 Å². The van der Waals surface area contributed by atoms with Crippen molar-refractivity contribution >= 4 is 56.8 Å². The summed E-state index contributed by atoms with van der Waals surface area (Å²) in [7, 11) is 20.8. The fourth-order valence-corrected chi connectivity index (χ4v) is 4.26. The van der Waals surface area contributed by atoms with E-state index < -0.39 is 5.31 Å². The smallest absolute Gasteiger partial charge is 0.130 e. The molecule has 0 aliphatic heterocycles. The first-order chi connectivity index (χ1) is 15.5. The quantitative estimate of drug-likeness (QED) is 0.481. The van der Waals surface area contributed by atoms with Crippen LogP contribution in [0.2, 0.25) is 0 Å². The maximum absolute atomic E-state index is 10.8. The van der Waals surface area contributed by atoms with Gasteiger partial charge < -0.3 is 15.0 Å². The third kappa shape index (κ3) is 4.06. The van der Waals surface area contributed by atoms with Crippen molar-refractivity contribution in [1.82, 2.24) is 14.5 Å². The van der Waals surface area contributed by atoms with Gasteiger partial charge >= 0.3 is 0 Å². The van der Waals surface area contributed by atoms with Crippen molar-refractivity contribution in [3.8, 4) is 17.0 Å². The summed E-state index contributed by atoms with van der Waals surface area (Å²) in [5.41, 5.74) is 4.66. The summed E-state index contributed by atoms with van der Waals surface area (Å²) < 4.78 is 1.97. The van der Waals surface area contributed by atoms with Gasteiger partial charge in [0.25, 0.3) is 0 Å². The topological polar surface area (TPSA) is 63.0 Å². The molecule has 33 heavy (non-hydrogen) atoms. The van der Waals surface area contributed by atoms with E-state index in [4.69, 9.17) is 23.5 Å². The Kier molecular flexibility index (Phi) is 5.65. The van der Waals surface area contributed by atoms with E-state index in [1.165, 1.54) is 0 Å². The van der Waals surface area contributed by atoms with Crippen LogP contribution in [0.5, 0.6) is 5.75 Å². The number of aryl methyl sites for hydroxylation is 1. The van der Waals surface area contributed by atoms with Crippen molar-refractivity contribution in [2.24, 2.45) is 7.05 Å². The van der Waals surface area contributed by atoms with Crippen molar-refractivity contribution in [3.05, 3.63) is 66.3 Å². The molecule has 0 unspecified atom stereocenters. The van der Waals surface area contributed by atoms with Gasteiger partial charge in [0, 0.05) is 35.5 Å². The molecule has 8 heteroatoms. The average molecular weight is 428 g/mol. The Labute approximate surface area is 198 Å². The number of phenolic OH excluding ortho intramolecular Hbond substituents is 1. The van der Waals surface area contributed by atoms with E-state index in [0.29, 0.717) is 33.7 Å². The number of fused-ring (bicyclic) bond motifs is 1. The molecule has 2 heterocycles. The number of hydrogen-bond acceptors (Lipinski definition) is 4. The number of rotatable bonds is 5. The van der Waals surface area contributed by atoms with Gasteiger partial charge in [0.15, 0.2) is 0 Å². The molecule has 0 saturated carbocycles. The van der Waals surface area contributed by atoms with E-state index in [9.17, 15) is 5.11 Å². The second kappa shape index (κ2) is 8.18. The number of aromatic nitrogens is 3. The average Bonchev–Trinajstić information content (AvgIpc) is 3.17. The summed E-state index contributed by atoms with van der Waals surface area (Å²) in [6.45, 7) is 9.54. The van der Waals surface area contributed by atoms with Crippen LogP contribution < -0.4 is 16.2 Å². The lowest BCUT2D eigenvalue weighted by molar-refractivity contribution is 0.477. The molecule has 4 aromatic rings. The molecular formula is C25H23B3N4O. The van der Waals surface area contributed by atoms with Crippen molar-refractivity contribution in [2.45, 2.75) is 26.1 Å². The molecule has 2 aromatic heterocycles. The molecule has 0 spiro atoms. The second-order valence-electron chi connectivity index (χ2n) is 8.90. The Morgan fingerprint density at radius 2 is 1.85 bits per heavy atom. The summed E-state index contributed by atoms with van der Waals surface area (Å²) in [6, 6.07) is 8.05. The highest BCUT2D eigenvalue weighted by Gasteiger charge is 2.25. The zero-order valence-electron chi connectivity index (χ0n) is 19.3. The summed E-state index contributed by atoms with van der Waals surface area (Å²) >= 11 is 0. The minimum Gasteiger partial charge on any atom is -0.508 e. The maximum atomic E-state index is 10.8. The first-order valence-corrected chi connectivity index (χ1v) is 10.5. The van der Waals surface area contributed by atoms with E-state index in [1.54, 1.807) is 12.5 Å². The van der Waals surface area contributed by atoms with Gasteiger partial charge in [-0.15, -0.1) is 0 Å². The van der Waals surface area contributed by atoms with Crippen LogP contribution in [0.3, 0.4) is 0 Å². The van der Waals surface area contributed by atoms with E-state index in [2.05, 4.69) is 27.9 Å². The van der Waals surface area contributed by atoms with Crippen LogP contribution in [0.4, 0.5) is 5.82 Å². The number of nitrogens with one attached hydrogen (secondary N) is 1. The predicted octanol–water partition coefficient (Wildman–Crippen LogP) is 2.72. The third-order valence-electron chi connectivity index (χ3n) is 5.87. The zero-order chi connectivity index (χ0) is 24.1. The van der Waals surface area contributed by atoms with Gasteiger partial charge in [-0.1, -0.05) is 54.6 Å². The van der Waals surface area contributed by atoms with Crippen LogP contribution >= 0.6 is 0 Å². The molecule has 0 atom stereocenters. The minimum atomic E-state index is -0.765. The van der Waals surface area contributed by atoms with E-state index in [1.807, 2.05) is 56.8 Å². The molecule has 5 nitrogen and oxygen atoms in total. The van der Waals surface area contributed by atoms with Crippen LogP contribution in [-0.2, 0) is 12.4 Å². The monoisotopic (exact) mass is 428 g/mol. The molecule has 2 N–H and O–H groups in total. The highest BCUT2D eigenvalue weighted by atomic mass is 16.3. The van der Waals surface area contributed by atoms with Crippen LogP contribution in [-0.4, -0.2) is 43.2 Å². The Morgan fingerprint density at radius 1 is 1.12 bits per heavy atom. The molecule has 0 aliphatic carbocycles. The number of nitrogens with zero attached hydrogens (tertiary/aromatic N) is 3. The molecule has 0 saturated heterocycles. The number of anilines is 1. The fraction of sp³-hybridized carbons (Fsp3) is 0.200. The van der Waals surface area contributed by atoms with Gasteiger partial charge in [-0.3, -0.25) is 0 Å². The molecule has 2 aromatic carbocycles. The van der Waals surface area contributed by atoms with E-state index >= 15 is 0 Å². The zero-order valence-corrected chi connectivity index (χ0v) is 19.3. The van der Waals surface area contributed by atoms with Crippen LogP contribution in [0.1, 0.15) is 30.5 Å². The molecule has 0 bridgehead atoms. The van der Waals surface area contributed by atoms with Gasteiger partial charge in [-0.25, -0.2) is 9.97 Å². The summed E-state index contributed by atoms with van der Waals surface area (Å²) in [4.78, 5) is 8.67. The molecule has 0 aliphatic rings. The number of aromatic hydroxyl groups is 1. The molecule has 158 valence electrons. The van der Waals surface area contributed by atoms with Crippen LogP contribution in [0, 0.1) is 6.92 Å². The third-order valence-corrected chi connectivity index (χ3v) is 5.87. The first-order valence-electron chi connectivity index (χ1n) is 10.5. The molecule has 6 radical (unpaired) electrons. The number of benzene rings is 2. The van der Waals surface area contributed by atoms with E-state index in [0.717, 1.165) is 22.0 Å². The Balaban J connectivity index is 1.72. The van der Waals surface area contributed by atoms with Crippen LogP contribution in [0.25, 0.3) is 27.7 Å². The fourth-order valence-electron chi connectivity index (χ4n) is 4.26. The van der Waals surface area contributed by atoms with Gasteiger partial charge in [0.2, 0.25) is 0 Å². The summed E-state index contributed by atoms with van der Waals surface area (Å²) in [5.74, 6) is 0.413. The number of phenols is 1. The number of imidazole rings is 1. The number of hydrogen-bond donors (Lipinski definition) is 2. The van der Waals surface area contributed by atoms with E-state index in [-0.39, 0.29) is 11.2 Å². The predicted molar refractivity (Wildman–Crippen MR) is 139 cm³/mol. The SMILES string of the molecule is [B]c1c(C)c(C([B])(C)C)c([B])c(O)c1C(=C)Nc1cc2cc(-c3cncn3C)ccc2cn1. The molecule has 0 amide bonds. The lowest BCUT2D eigenvalue weighted by Gasteiger charge is -2.29. The van der Waals surface area contributed by atoms with Gasteiger partial charge in [0.05, 0.1) is 26.1 Å². The lowest BCUT2D eigenvalue weighted by atomic mass is 9.60. The first kappa shape index (κ1) is 22.8. The molecule has 0 fully saturated rings. The van der Waals surface area contributed by atoms with Crippen molar-refractivity contribution in [2.75, 3.05) is 5.32 Å². The second-order valence-corrected chi connectivity index (χ2v) is 8.90. The maximum Gasteiger partial charge on any atom is 0.130 e.